The molecule has 11 heavy (non-hydrogen) atoms. The highest BCUT2D eigenvalue weighted by Crippen LogP contribution is 1.95. The highest BCUT2D eigenvalue weighted by molar-refractivity contribution is 6.01. The maximum atomic E-state index is 10.1. The van der Waals surface area contributed by atoms with Crippen molar-refractivity contribution >= 4 is 17.9 Å². The van der Waals surface area contributed by atoms with Crippen molar-refractivity contribution in [2.75, 3.05) is 0 Å². The molecule has 1 rings (SSSR count). The molecule has 0 aromatic heterocycles. The summed E-state index contributed by atoms with van der Waals surface area (Å²) in [6.07, 6.45) is -0.586. The van der Waals surface area contributed by atoms with Crippen molar-refractivity contribution < 1.29 is 19.5 Å². The first-order chi connectivity index (χ1) is 5.02. The van der Waals surface area contributed by atoms with Crippen LogP contribution in [-0.4, -0.2) is 23.0 Å². The lowest BCUT2D eigenvalue weighted by molar-refractivity contribution is -0.124. The molecular formula is C5H8N2O4. The maximum absolute atomic E-state index is 10.1. The number of amides is 3. The summed E-state index contributed by atoms with van der Waals surface area (Å²) in [6, 6.07) is 0. The molecule has 0 unspecified atom stereocenters. The van der Waals surface area contributed by atoms with Crippen LogP contribution in [0.3, 0.4) is 0 Å². The third-order valence-electron chi connectivity index (χ3n) is 0.858. The number of rotatable bonds is 0. The normalized spacial score (nSPS) is 14.9. The molecule has 0 bridgehead atoms. The molecule has 0 aromatic carbocycles. The fraction of sp³-hybridized carbons (Fsp3) is 0.400. The lowest BCUT2D eigenvalue weighted by Gasteiger charge is -1.79. The van der Waals surface area contributed by atoms with E-state index >= 15 is 0 Å². The van der Waals surface area contributed by atoms with Crippen LogP contribution in [0.1, 0.15) is 12.8 Å². The first-order valence-corrected chi connectivity index (χ1v) is 2.83. The van der Waals surface area contributed by atoms with Crippen LogP contribution < -0.4 is 11.1 Å². The van der Waals surface area contributed by atoms with E-state index in [1.807, 2.05) is 0 Å². The molecule has 62 valence electrons. The van der Waals surface area contributed by atoms with E-state index in [9.17, 15) is 9.59 Å². The lowest BCUT2D eigenvalue weighted by atomic mass is 10.4. The molecule has 1 aliphatic rings. The van der Waals surface area contributed by atoms with Crippen LogP contribution in [0, 0.1) is 0 Å². The van der Waals surface area contributed by atoms with Gasteiger partial charge in [-0.1, -0.05) is 0 Å². The van der Waals surface area contributed by atoms with Gasteiger partial charge in [0.15, 0.2) is 0 Å². The van der Waals surface area contributed by atoms with E-state index in [0.717, 1.165) is 0 Å². The minimum atomic E-state index is -1.33. The predicted octanol–water partition coefficient (Wildman–Crippen LogP) is -0.954. The first kappa shape index (κ1) is 9.41. The Morgan fingerprint density at radius 2 is 1.64 bits per heavy atom. The molecule has 0 spiro atoms. The standard InChI is InChI=1S/C4H5NO2.CH3NO2/c6-3-1-2-4(7)5-3;2-1(3)4/h1-2H2,(H,5,6,7);2H2,(H,3,4). The molecule has 3 amide bonds. The van der Waals surface area contributed by atoms with E-state index in [-0.39, 0.29) is 11.8 Å². The number of carboxylic acid groups (broad SMARTS) is 1. The van der Waals surface area contributed by atoms with Gasteiger partial charge in [-0.2, -0.15) is 0 Å². The molecule has 0 radical (unpaired) electrons. The van der Waals surface area contributed by atoms with E-state index < -0.39 is 6.09 Å². The molecular weight excluding hydrogens is 152 g/mol. The monoisotopic (exact) mass is 160 g/mol. The summed E-state index contributed by atoms with van der Waals surface area (Å²) in [7, 11) is 0. The van der Waals surface area contributed by atoms with Crippen molar-refractivity contribution in [2.45, 2.75) is 12.8 Å². The molecule has 1 fully saturated rings. The molecule has 0 atom stereocenters. The van der Waals surface area contributed by atoms with Gasteiger partial charge in [0.25, 0.3) is 0 Å². The molecule has 6 nitrogen and oxygen atoms in total. The van der Waals surface area contributed by atoms with Crippen LogP contribution in [0.4, 0.5) is 4.79 Å². The van der Waals surface area contributed by atoms with Gasteiger partial charge in [-0.3, -0.25) is 14.9 Å². The van der Waals surface area contributed by atoms with Crippen molar-refractivity contribution in [3.63, 3.8) is 0 Å². The fourth-order valence-corrected chi connectivity index (χ4v) is 0.508. The Kier molecular flexibility index (Phi) is 3.65. The fourth-order valence-electron chi connectivity index (χ4n) is 0.508. The first-order valence-electron chi connectivity index (χ1n) is 2.83. The number of hydrogen-bond acceptors (Lipinski definition) is 3. The largest absolute Gasteiger partial charge is 0.465 e. The van der Waals surface area contributed by atoms with Crippen LogP contribution in [0.25, 0.3) is 0 Å². The van der Waals surface area contributed by atoms with Gasteiger partial charge in [0, 0.05) is 12.8 Å². The second kappa shape index (κ2) is 4.26. The Morgan fingerprint density at radius 3 is 1.73 bits per heavy atom. The molecule has 6 heteroatoms. The molecule has 0 saturated carbocycles. The van der Waals surface area contributed by atoms with E-state index in [2.05, 4.69) is 11.1 Å². The SMILES string of the molecule is NC(=O)O.O=C1CCC(=O)N1. The minimum Gasteiger partial charge on any atom is -0.465 e. The van der Waals surface area contributed by atoms with Crippen LogP contribution >= 0.6 is 0 Å². The highest BCUT2D eigenvalue weighted by Gasteiger charge is 2.15. The van der Waals surface area contributed by atoms with E-state index in [0.29, 0.717) is 12.8 Å². The number of primary amides is 1. The van der Waals surface area contributed by atoms with Gasteiger partial charge >= 0.3 is 6.09 Å². The summed E-state index contributed by atoms with van der Waals surface area (Å²) in [6.45, 7) is 0. The summed E-state index contributed by atoms with van der Waals surface area (Å²) in [5.41, 5.74) is 4.03. The number of nitrogens with two attached hydrogens (primary N) is 1. The number of nitrogens with one attached hydrogen (secondary N) is 1. The summed E-state index contributed by atoms with van der Waals surface area (Å²) < 4.78 is 0. The lowest BCUT2D eigenvalue weighted by Crippen LogP contribution is -2.18. The number of imide groups is 1. The second-order valence-electron chi connectivity index (χ2n) is 1.81. The zero-order valence-corrected chi connectivity index (χ0v) is 5.66. The zero-order valence-electron chi connectivity index (χ0n) is 5.66. The van der Waals surface area contributed by atoms with Crippen molar-refractivity contribution in [3.8, 4) is 0 Å². The quantitative estimate of drug-likeness (QED) is 0.396. The van der Waals surface area contributed by atoms with Crippen LogP contribution in [0.5, 0.6) is 0 Å². The van der Waals surface area contributed by atoms with Gasteiger partial charge in [0.05, 0.1) is 0 Å². The summed E-state index contributed by atoms with van der Waals surface area (Å²) in [4.78, 5) is 29.0. The van der Waals surface area contributed by atoms with Crippen molar-refractivity contribution in [3.05, 3.63) is 0 Å². The van der Waals surface area contributed by atoms with E-state index in [1.165, 1.54) is 0 Å². The Hall–Kier alpha value is -1.59. The van der Waals surface area contributed by atoms with Gasteiger partial charge in [0.1, 0.15) is 0 Å². The molecule has 4 N–H and O–H groups in total. The summed E-state index contributed by atoms with van der Waals surface area (Å²) >= 11 is 0. The van der Waals surface area contributed by atoms with Gasteiger partial charge < -0.3 is 10.8 Å². The van der Waals surface area contributed by atoms with Gasteiger partial charge in [-0.15, -0.1) is 0 Å². The predicted molar refractivity (Wildman–Crippen MR) is 34.6 cm³/mol. The highest BCUT2D eigenvalue weighted by atomic mass is 16.4. The number of hydrogen-bond donors (Lipinski definition) is 3. The number of carbonyl (C=O) groups is 3. The van der Waals surface area contributed by atoms with Gasteiger partial charge in [0.2, 0.25) is 11.8 Å². The molecule has 1 aliphatic heterocycles. The Labute approximate surface area is 62.4 Å². The zero-order chi connectivity index (χ0) is 8.85. The average molecular weight is 160 g/mol. The smallest absolute Gasteiger partial charge is 0.402 e. The van der Waals surface area contributed by atoms with Crippen LogP contribution in [-0.2, 0) is 9.59 Å². The maximum Gasteiger partial charge on any atom is 0.402 e. The van der Waals surface area contributed by atoms with Crippen LogP contribution in [0.2, 0.25) is 0 Å². The van der Waals surface area contributed by atoms with Crippen molar-refractivity contribution in [2.24, 2.45) is 5.73 Å². The Morgan fingerprint density at radius 1 is 1.36 bits per heavy atom. The minimum absolute atomic E-state index is 0.148. The third kappa shape index (κ3) is 6.29. The van der Waals surface area contributed by atoms with Crippen molar-refractivity contribution in [1.29, 1.82) is 0 Å². The molecule has 0 aromatic rings. The second-order valence-corrected chi connectivity index (χ2v) is 1.81. The molecule has 1 saturated heterocycles. The van der Waals surface area contributed by atoms with E-state index in [1.54, 1.807) is 0 Å². The topological polar surface area (TPSA) is 109 Å². The number of carbonyl (C=O) groups excluding carboxylic acids is 2. The van der Waals surface area contributed by atoms with E-state index in [4.69, 9.17) is 9.90 Å². The Bertz CT molecular complexity index is 171. The van der Waals surface area contributed by atoms with Crippen LogP contribution in [0.15, 0.2) is 0 Å². The average Bonchev–Trinajstić information content (AvgIpc) is 2.13. The summed E-state index contributed by atoms with van der Waals surface area (Å²) in [5.74, 6) is -0.296. The summed E-state index contributed by atoms with van der Waals surface area (Å²) in [5, 5.41) is 9.33. The molecule has 1 heterocycles. The van der Waals surface area contributed by atoms with Gasteiger partial charge in [-0.05, 0) is 0 Å². The van der Waals surface area contributed by atoms with Gasteiger partial charge in [-0.25, -0.2) is 4.79 Å². The third-order valence-corrected chi connectivity index (χ3v) is 0.858. The van der Waals surface area contributed by atoms with Crippen molar-refractivity contribution in [1.82, 2.24) is 5.32 Å². The Balaban J connectivity index is 0.000000218. The molecule has 0 aliphatic carbocycles.